The first kappa shape index (κ1) is 24.5. The summed E-state index contributed by atoms with van der Waals surface area (Å²) >= 11 is 5.83. The quantitative estimate of drug-likeness (QED) is 0.589. The van der Waals surface area contributed by atoms with Crippen molar-refractivity contribution in [1.29, 1.82) is 0 Å². The zero-order valence-corrected chi connectivity index (χ0v) is 20.2. The third kappa shape index (κ3) is 5.07. The maximum Gasteiger partial charge on any atom is 0.325 e. The van der Waals surface area contributed by atoms with Crippen LogP contribution >= 0.6 is 11.6 Å². The summed E-state index contributed by atoms with van der Waals surface area (Å²) in [6.45, 7) is 1.84. The number of nitrogens with one attached hydrogen (secondary N) is 2. The number of urea groups is 1. The molecule has 2 atom stereocenters. The van der Waals surface area contributed by atoms with Gasteiger partial charge in [0.25, 0.3) is 5.91 Å². The van der Waals surface area contributed by atoms with Crippen LogP contribution in [0, 0.1) is 5.92 Å². The van der Waals surface area contributed by atoms with E-state index in [9.17, 15) is 19.2 Å². The molecule has 0 saturated carbocycles. The number of nitrogens with zero attached hydrogens (tertiary/aromatic N) is 3. The third-order valence-electron chi connectivity index (χ3n) is 6.36. The zero-order chi connectivity index (χ0) is 25.2. The fraction of sp³-hybridized carbons (Fsp3) is 0.375. The van der Waals surface area contributed by atoms with Gasteiger partial charge in [-0.15, -0.1) is 0 Å². The second kappa shape index (κ2) is 9.91. The summed E-state index contributed by atoms with van der Waals surface area (Å²) in [5.41, 5.74) is -0.711. The number of piperidine rings is 1. The third-order valence-corrected chi connectivity index (χ3v) is 6.58. The van der Waals surface area contributed by atoms with Crippen molar-refractivity contribution in [2.45, 2.75) is 25.3 Å². The molecule has 35 heavy (non-hydrogen) atoms. The predicted octanol–water partition coefficient (Wildman–Crippen LogP) is 2.39. The molecule has 10 nitrogen and oxygen atoms in total. The SMILES string of the molecule is COc1ccc(C2(C)NC(=O)N(CC(=O)N3CCCC(C(=O)Nc4ccc(Cl)cn4)C3)C2=O)cc1. The maximum atomic E-state index is 13.2. The van der Waals surface area contributed by atoms with Crippen molar-refractivity contribution < 1.29 is 23.9 Å². The average Bonchev–Trinajstić information content (AvgIpc) is 3.09. The number of halogens is 1. The molecule has 11 heteroatoms. The van der Waals surface area contributed by atoms with E-state index in [2.05, 4.69) is 15.6 Å². The standard InChI is InChI=1S/C24H26ClN5O5/c1-24(16-5-8-18(35-2)9-6-16)22(33)30(23(34)28-24)14-20(31)29-11-3-4-15(13-29)21(32)27-19-10-7-17(25)12-26-19/h5-10,12,15H,3-4,11,13-14H2,1-2H3,(H,28,34)(H,26,27,32). The summed E-state index contributed by atoms with van der Waals surface area (Å²) in [5, 5.41) is 5.89. The van der Waals surface area contributed by atoms with Gasteiger partial charge in [0.05, 0.1) is 18.1 Å². The van der Waals surface area contributed by atoms with Crippen molar-refractivity contribution in [2.24, 2.45) is 5.92 Å². The smallest absolute Gasteiger partial charge is 0.325 e. The van der Waals surface area contributed by atoms with E-state index in [-0.39, 0.29) is 12.5 Å². The Morgan fingerprint density at radius 2 is 1.97 bits per heavy atom. The van der Waals surface area contributed by atoms with Crippen LogP contribution in [-0.2, 0) is 19.9 Å². The molecule has 184 valence electrons. The van der Waals surface area contributed by atoms with E-state index in [0.29, 0.717) is 41.5 Å². The number of rotatable bonds is 6. The Morgan fingerprint density at radius 3 is 2.63 bits per heavy atom. The van der Waals surface area contributed by atoms with E-state index in [1.807, 2.05) is 0 Å². The highest BCUT2D eigenvalue weighted by Crippen LogP contribution is 2.30. The number of aromatic nitrogens is 1. The molecule has 3 heterocycles. The summed E-state index contributed by atoms with van der Waals surface area (Å²) in [6, 6.07) is 9.39. The van der Waals surface area contributed by atoms with Gasteiger partial charge in [-0.25, -0.2) is 9.78 Å². The van der Waals surface area contributed by atoms with Crippen LogP contribution in [0.1, 0.15) is 25.3 Å². The van der Waals surface area contributed by atoms with Gasteiger partial charge in [0.1, 0.15) is 23.7 Å². The minimum atomic E-state index is -1.29. The number of carbonyl (C=O) groups excluding carboxylic acids is 4. The first-order chi connectivity index (χ1) is 16.7. The number of carbonyl (C=O) groups is 4. The summed E-state index contributed by atoms with van der Waals surface area (Å²) in [5.74, 6) is -0.593. The zero-order valence-electron chi connectivity index (χ0n) is 19.4. The summed E-state index contributed by atoms with van der Waals surface area (Å²) < 4.78 is 5.15. The molecule has 2 N–H and O–H groups in total. The van der Waals surface area contributed by atoms with Crippen LogP contribution < -0.4 is 15.4 Å². The predicted molar refractivity (Wildman–Crippen MR) is 128 cm³/mol. The minimum absolute atomic E-state index is 0.192. The number of amides is 5. The molecule has 2 aliphatic heterocycles. The van der Waals surface area contributed by atoms with Crippen molar-refractivity contribution >= 4 is 41.2 Å². The lowest BCUT2D eigenvalue weighted by Crippen LogP contribution is -2.49. The Kier molecular flexibility index (Phi) is 6.93. The van der Waals surface area contributed by atoms with Crippen LogP contribution in [0.5, 0.6) is 5.75 Å². The fourth-order valence-corrected chi connectivity index (χ4v) is 4.40. The number of methoxy groups -OCH3 is 1. The Bertz CT molecular complexity index is 1140. The molecule has 0 spiro atoms. The Morgan fingerprint density at radius 1 is 1.23 bits per heavy atom. The summed E-state index contributed by atoms with van der Waals surface area (Å²) in [7, 11) is 1.54. The van der Waals surface area contributed by atoms with E-state index >= 15 is 0 Å². The molecule has 5 amide bonds. The van der Waals surface area contributed by atoms with Crippen molar-refractivity contribution in [1.82, 2.24) is 20.1 Å². The lowest BCUT2D eigenvalue weighted by atomic mass is 9.92. The van der Waals surface area contributed by atoms with Crippen molar-refractivity contribution in [3.8, 4) is 5.75 Å². The molecule has 1 aromatic carbocycles. The van der Waals surface area contributed by atoms with Gasteiger partial charge in [-0.1, -0.05) is 23.7 Å². The molecular formula is C24H26ClN5O5. The Labute approximate surface area is 207 Å². The molecule has 0 aliphatic carbocycles. The van der Waals surface area contributed by atoms with Gasteiger partial charge in [0, 0.05) is 19.3 Å². The molecular weight excluding hydrogens is 474 g/mol. The van der Waals surface area contributed by atoms with E-state index in [0.717, 1.165) is 4.90 Å². The topological polar surface area (TPSA) is 121 Å². The fourth-order valence-electron chi connectivity index (χ4n) is 4.29. The summed E-state index contributed by atoms with van der Waals surface area (Å²) in [6.07, 6.45) is 2.68. The lowest BCUT2D eigenvalue weighted by molar-refractivity contribution is -0.140. The largest absolute Gasteiger partial charge is 0.497 e. The lowest BCUT2D eigenvalue weighted by Gasteiger charge is -2.32. The van der Waals surface area contributed by atoms with Gasteiger partial charge in [-0.3, -0.25) is 19.3 Å². The van der Waals surface area contributed by atoms with Crippen LogP contribution in [0.3, 0.4) is 0 Å². The highest BCUT2D eigenvalue weighted by Gasteiger charge is 2.49. The van der Waals surface area contributed by atoms with Crippen molar-refractivity contribution in [2.75, 3.05) is 32.1 Å². The second-order valence-electron chi connectivity index (χ2n) is 8.70. The average molecular weight is 500 g/mol. The number of imide groups is 1. The van der Waals surface area contributed by atoms with E-state index in [1.165, 1.54) is 18.2 Å². The molecule has 2 saturated heterocycles. The number of anilines is 1. The minimum Gasteiger partial charge on any atom is -0.497 e. The second-order valence-corrected chi connectivity index (χ2v) is 9.14. The molecule has 2 aliphatic rings. The van der Waals surface area contributed by atoms with Gasteiger partial charge in [-0.05, 0) is 49.6 Å². The number of pyridine rings is 1. The van der Waals surface area contributed by atoms with E-state index < -0.39 is 35.8 Å². The molecule has 2 unspecified atom stereocenters. The van der Waals surface area contributed by atoms with Crippen LogP contribution in [0.15, 0.2) is 42.6 Å². The molecule has 0 bridgehead atoms. The number of ether oxygens (including phenoxy) is 1. The molecule has 0 radical (unpaired) electrons. The first-order valence-corrected chi connectivity index (χ1v) is 11.6. The van der Waals surface area contributed by atoms with Crippen LogP contribution in [0.2, 0.25) is 5.02 Å². The number of likely N-dealkylation sites (tertiary alicyclic amines) is 1. The van der Waals surface area contributed by atoms with Crippen molar-refractivity contribution in [3.05, 3.63) is 53.2 Å². The van der Waals surface area contributed by atoms with Gasteiger partial charge in [0.2, 0.25) is 11.8 Å². The normalized spacial score (nSPS) is 22.1. The number of benzene rings is 1. The Hall–Kier alpha value is -3.66. The number of hydrogen-bond acceptors (Lipinski definition) is 6. The summed E-state index contributed by atoms with van der Waals surface area (Å²) in [4.78, 5) is 58.0. The van der Waals surface area contributed by atoms with Crippen molar-refractivity contribution in [3.63, 3.8) is 0 Å². The maximum absolute atomic E-state index is 13.2. The molecule has 2 fully saturated rings. The first-order valence-electron chi connectivity index (χ1n) is 11.2. The highest BCUT2D eigenvalue weighted by molar-refractivity contribution is 6.30. The van der Waals surface area contributed by atoms with Gasteiger partial charge >= 0.3 is 6.03 Å². The number of hydrogen-bond donors (Lipinski definition) is 2. The van der Waals surface area contributed by atoms with Gasteiger partial charge in [-0.2, -0.15) is 0 Å². The van der Waals surface area contributed by atoms with E-state index in [4.69, 9.17) is 16.3 Å². The van der Waals surface area contributed by atoms with E-state index in [1.54, 1.807) is 43.3 Å². The van der Waals surface area contributed by atoms with Gasteiger partial charge < -0.3 is 20.3 Å². The Balaban J connectivity index is 1.39. The van der Waals surface area contributed by atoms with Gasteiger partial charge in [0.15, 0.2) is 0 Å². The van der Waals surface area contributed by atoms with Crippen LogP contribution in [0.25, 0.3) is 0 Å². The molecule has 2 aromatic rings. The molecule has 4 rings (SSSR count). The van der Waals surface area contributed by atoms with Crippen LogP contribution in [-0.4, -0.2) is 65.3 Å². The highest BCUT2D eigenvalue weighted by atomic mass is 35.5. The monoisotopic (exact) mass is 499 g/mol. The van der Waals surface area contributed by atoms with Crippen LogP contribution in [0.4, 0.5) is 10.6 Å². The molecule has 1 aromatic heterocycles.